The van der Waals surface area contributed by atoms with Crippen LogP contribution in [0.4, 0.5) is 0 Å². The highest BCUT2D eigenvalue weighted by Crippen LogP contribution is 2.22. The summed E-state index contributed by atoms with van der Waals surface area (Å²) >= 11 is 0. The fourth-order valence-electron chi connectivity index (χ4n) is 6.54. The van der Waals surface area contributed by atoms with Gasteiger partial charge in [-0.05, 0) is 73.1 Å². The molecule has 0 aliphatic carbocycles. The van der Waals surface area contributed by atoms with Gasteiger partial charge in [0.1, 0.15) is 48.3 Å². The summed E-state index contributed by atoms with van der Waals surface area (Å²) in [4.78, 5) is 118. The number of nitrogens with one attached hydrogen (secondary N) is 5. The summed E-state index contributed by atoms with van der Waals surface area (Å²) in [5, 5.41) is 21.8. The third-order valence-corrected chi connectivity index (χ3v) is 9.25. The summed E-state index contributed by atoms with van der Waals surface area (Å²) in [5.74, 6) is -5.40. The molecule has 3 aliphatic heterocycles. The Balaban J connectivity index is 1.53. The SMILES string of the molecule is CC(=O)N[C@@H](C)C(=O)N1CCC[C@H]1C(=O)N[C@@H](C)C(=O)N1CCC[C@H]1C(=O)N[C@@H](C)C(=O)N[C@@H](C)C(=O)N1CCC[C@H]1C(=O)N[C@@H](C)C(=O)O. The number of aliphatic carboxylic acids is 1. The van der Waals surface area contributed by atoms with Crippen LogP contribution in [0.3, 0.4) is 0 Å². The van der Waals surface area contributed by atoms with E-state index >= 15 is 0 Å². The van der Waals surface area contributed by atoms with E-state index in [-0.39, 0.29) is 19.0 Å². The summed E-state index contributed by atoms with van der Waals surface area (Å²) < 4.78 is 0. The van der Waals surface area contributed by atoms with E-state index in [1.807, 2.05) is 0 Å². The first-order valence-corrected chi connectivity index (χ1v) is 17.1. The van der Waals surface area contributed by atoms with Gasteiger partial charge in [0.15, 0.2) is 0 Å². The lowest BCUT2D eigenvalue weighted by Gasteiger charge is -2.30. The Morgan fingerprint density at radius 2 is 0.820 bits per heavy atom. The number of carboxylic acids is 1. The van der Waals surface area contributed by atoms with Crippen LogP contribution in [0.5, 0.6) is 0 Å². The highest BCUT2D eigenvalue weighted by atomic mass is 16.4. The minimum atomic E-state index is -1.21. The molecule has 0 aromatic rings. The third-order valence-electron chi connectivity index (χ3n) is 9.25. The van der Waals surface area contributed by atoms with Crippen LogP contribution in [0.25, 0.3) is 0 Å². The molecule has 3 rings (SSSR count). The molecule has 0 unspecified atom stereocenters. The first kappa shape index (κ1) is 39.7. The van der Waals surface area contributed by atoms with Gasteiger partial charge >= 0.3 is 5.97 Å². The predicted octanol–water partition coefficient (Wildman–Crippen LogP) is -2.41. The fraction of sp³-hybridized carbons (Fsp3) is 0.719. The molecule has 0 saturated carbocycles. The van der Waals surface area contributed by atoms with Gasteiger partial charge in [-0.1, -0.05) is 0 Å². The van der Waals surface area contributed by atoms with Crippen molar-refractivity contribution < 1.29 is 48.3 Å². The van der Waals surface area contributed by atoms with Gasteiger partial charge in [-0.15, -0.1) is 0 Å². The number of likely N-dealkylation sites (tertiary alicyclic amines) is 3. The quantitative estimate of drug-likeness (QED) is 0.118. The van der Waals surface area contributed by atoms with Gasteiger partial charge in [0.2, 0.25) is 47.3 Å². The van der Waals surface area contributed by atoms with E-state index < -0.39 is 95.7 Å². The number of hydrogen-bond donors (Lipinski definition) is 6. The predicted molar refractivity (Wildman–Crippen MR) is 176 cm³/mol. The zero-order chi connectivity index (χ0) is 37.4. The van der Waals surface area contributed by atoms with E-state index in [2.05, 4.69) is 26.6 Å². The Morgan fingerprint density at radius 1 is 0.500 bits per heavy atom. The lowest BCUT2D eigenvalue weighted by Crippen LogP contribution is -2.58. The number of carbonyl (C=O) groups excluding carboxylic acids is 8. The summed E-state index contributed by atoms with van der Waals surface area (Å²) in [7, 11) is 0. The second-order valence-electron chi connectivity index (χ2n) is 13.3. The Hall–Kier alpha value is -4.77. The van der Waals surface area contributed by atoms with Crippen LogP contribution >= 0.6 is 0 Å². The monoisotopic (exact) mass is 706 g/mol. The third kappa shape index (κ3) is 9.68. The Bertz CT molecular complexity index is 1370. The summed E-state index contributed by atoms with van der Waals surface area (Å²) in [6, 6.07) is -7.71. The second-order valence-corrected chi connectivity index (χ2v) is 13.3. The van der Waals surface area contributed by atoms with Crippen molar-refractivity contribution in [1.82, 2.24) is 41.3 Å². The average molecular weight is 707 g/mol. The molecule has 0 aromatic carbocycles. The van der Waals surface area contributed by atoms with Crippen LogP contribution in [0, 0.1) is 0 Å². The zero-order valence-electron chi connectivity index (χ0n) is 29.4. The molecule has 18 heteroatoms. The van der Waals surface area contributed by atoms with Gasteiger partial charge in [-0.2, -0.15) is 0 Å². The van der Waals surface area contributed by atoms with Crippen LogP contribution in [0.15, 0.2) is 0 Å². The van der Waals surface area contributed by atoms with E-state index in [4.69, 9.17) is 5.11 Å². The number of rotatable bonds is 13. The van der Waals surface area contributed by atoms with Gasteiger partial charge in [-0.3, -0.25) is 43.2 Å². The molecule has 0 spiro atoms. The largest absolute Gasteiger partial charge is 0.480 e. The standard InChI is InChI=1S/C32H50N8O10/c1-16(25(42)35-18(3)30(47)40-15-9-12-24(40)28(45)37-20(5)32(49)50)34-26(43)22-10-7-14-39(22)31(48)19(4)36-27(44)23-11-8-13-38(23)29(46)17(2)33-21(6)41/h16-20,22-24H,7-15H2,1-6H3,(H,33,41)(H,34,43)(H,35,42)(H,36,44)(H,37,45)(H,49,50)/t16-,17-,18-,19-,20-,22-,23-,24-/m0/s1. The molecule has 18 nitrogen and oxygen atoms in total. The van der Waals surface area contributed by atoms with Crippen molar-refractivity contribution in [2.45, 2.75) is 128 Å². The van der Waals surface area contributed by atoms with Crippen LogP contribution in [-0.2, 0) is 43.2 Å². The lowest BCUT2D eigenvalue weighted by molar-refractivity contribution is -0.144. The molecular weight excluding hydrogens is 656 g/mol. The van der Waals surface area contributed by atoms with E-state index in [1.165, 1.54) is 56.2 Å². The molecule has 3 fully saturated rings. The van der Waals surface area contributed by atoms with Crippen LogP contribution < -0.4 is 26.6 Å². The summed E-state index contributed by atoms with van der Waals surface area (Å²) in [6.07, 6.45) is 2.67. The maximum Gasteiger partial charge on any atom is 0.325 e. The Morgan fingerprint density at radius 3 is 1.18 bits per heavy atom. The first-order valence-electron chi connectivity index (χ1n) is 17.1. The van der Waals surface area contributed by atoms with Crippen molar-refractivity contribution in [3.05, 3.63) is 0 Å². The number of hydrogen-bond acceptors (Lipinski definition) is 9. The molecular formula is C32H50N8O10. The molecule has 50 heavy (non-hydrogen) atoms. The Labute approximate surface area is 290 Å². The molecule has 0 bridgehead atoms. The number of nitrogens with zero attached hydrogens (tertiary/aromatic N) is 3. The average Bonchev–Trinajstić information content (AvgIpc) is 3.84. The molecule has 6 N–H and O–H groups in total. The van der Waals surface area contributed by atoms with Crippen molar-refractivity contribution in [3.63, 3.8) is 0 Å². The highest BCUT2D eigenvalue weighted by Gasteiger charge is 2.41. The number of carbonyl (C=O) groups is 9. The zero-order valence-corrected chi connectivity index (χ0v) is 29.4. The molecule has 3 saturated heterocycles. The summed E-state index contributed by atoms with van der Waals surface area (Å²) in [6.45, 7) is 9.34. The van der Waals surface area contributed by atoms with E-state index in [1.54, 1.807) is 0 Å². The molecule has 0 radical (unpaired) electrons. The summed E-state index contributed by atoms with van der Waals surface area (Å²) in [5.41, 5.74) is 0. The number of carboxylic acid groups (broad SMARTS) is 1. The van der Waals surface area contributed by atoms with Crippen molar-refractivity contribution in [3.8, 4) is 0 Å². The maximum absolute atomic E-state index is 13.4. The highest BCUT2D eigenvalue weighted by molar-refractivity contribution is 5.98. The van der Waals surface area contributed by atoms with Crippen LogP contribution in [0.2, 0.25) is 0 Å². The maximum atomic E-state index is 13.4. The van der Waals surface area contributed by atoms with Crippen molar-refractivity contribution in [2.75, 3.05) is 19.6 Å². The molecule has 8 amide bonds. The normalized spacial score (nSPS) is 23.2. The van der Waals surface area contributed by atoms with Crippen LogP contribution in [0.1, 0.15) is 80.1 Å². The minimum Gasteiger partial charge on any atom is -0.480 e. The molecule has 278 valence electrons. The van der Waals surface area contributed by atoms with Gasteiger partial charge in [-0.25, -0.2) is 0 Å². The lowest BCUT2D eigenvalue weighted by atomic mass is 10.1. The van der Waals surface area contributed by atoms with Gasteiger partial charge < -0.3 is 46.4 Å². The molecule has 3 aliphatic rings. The van der Waals surface area contributed by atoms with Gasteiger partial charge in [0.05, 0.1) is 0 Å². The van der Waals surface area contributed by atoms with Crippen molar-refractivity contribution in [2.24, 2.45) is 0 Å². The minimum absolute atomic E-state index is 0.251. The fourth-order valence-corrected chi connectivity index (χ4v) is 6.54. The van der Waals surface area contributed by atoms with E-state index in [0.29, 0.717) is 45.1 Å². The molecule has 8 atom stereocenters. The van der Waals surface area contributed by atoms with E-state index in [9.17, 15) is 43.2 Å². The molecule has 0 aromatic heterocycles. The molecule has 3 heterocycles. The first-order chi connectivity index (χ1) is 23.4. The van der Waals surface area contributed by atoms with Gasteiger partial charge in [0.25, 0.3) is 0 Å². The second kappa shape index (κ2) is 17.2. The van der Waals surface area contributed by atoms with Crippen molar-refractivity contribution >= 4 is 53.2 Å². The van der Waals surface area contributed by atoms with Gasteiger partial charge in [0, 0.05) is 26.6 Å². The van der Waals surface area contributed by atoms with Crippen LogP contribution in [-0.4, -0.2) is 141 Å². The topological polar surface area (TPSA) is 244 Å². The van der Waals surface area contributed by atoms with Crippen molar-refractivity contribution in [1.29, 1.82) is 0 Å². The number of amides is 8. The Kier molecular flexibility index (Phi) is 13.7. The van der Waals surface area contributed by atoms with E-state index in [0.717, 1.165) is 0 Å². The smallest absolute Gasteiger partial charge is 0.325 e.